The fourth-order valence-electron chi connectivity index (χ4n) is 1.84. The number of carbonyl (C=O) groups excluding carboxylic acids is 2. The number of benzene rings is 2. The highest BCUT2D eigenvalue weighted by atomic mass is 16.5. The maximum Gasteiger partial charge on any atom is 0.298 e. The molecule has 0 aliphatic carbocycles. The summed E-state index contributed by atoms with van der Waals surface area (Å²) in [5, 5.41) is 2.74. The minimum atomic E-state index is -0.115. The predicted octanol–water partition coefficient (Wildman–Crippen LogP) is 2.79. The van der Waals surface area contributed by atoms with Gasteiger partial charge in [-0.25, -0.2) is 0 Å². The number of nitrogens with one attached hydrogen (secondary N) is 1. The van der Waals surface area contributed by atoms with Gasteiger partial charge in [0.1, 0.15) is 0 Å². The van der Waals surface area contributed by atoms with E-state index in [4.69, 9.17) is 4.74 Å². The third kappa shape index (κ3) is 3.95. The number of carbonyl (C=O) groups is 2. The van der Waals surface area contributed by atoms with Crippen LogP contribution < -0.4 is 10.1 Å². The molecule has 0 saturated carbocycles. The molecule has 0 heterocycles. The normalized spacial score (nSPS) is 9.80. The van der Waals surface area contributed by atoms with Crippen molar-refractivity contribution in [1.82, 2.24) is 0 Å². The molecule has 0 saturated heterocycles. The standard InChI is InChI=1S/C16H15NO3/c18-12-20-15-9-5-4-8-14(15)17-16(19)11-10-13-6-2-1-3-7-13/h1-9,12H,10-11H2,(H,17,19). The second kappa shape index (κ2) is 7.09. The minimum absolute atomic E-state index is 0.115. The number of hydrogen-bond acceptors (Lipinski definition) is 3. The van der Waals surface area contributed by atoms with Crippen LogP contribution in [0.1, 0.15) is 12.0 Å². The Balaban J connectivity index is 1.93. The lowest BCUT2D eigenvalue weighted by Crippen LogP contribution is -2.13. The molecule has 20 heavy (non-hydrogen) atoms. The van der Waals surface area contributed by atoms with Crippen molar-refractivity contribution >= 4 is 18.1 Å². The predicted molar refractivity (Wildman–Crippen MR) is 76.5 cm³/mol. The van der Waals surface area contributed by atoms with Crippen LogP contribution in [-0.2, 0) is 16.0 Å². The lowest BCUT2D eigenvalue weighted by molar-refractivity contribution is -0.121. The van der Waals surface area contributed by atoms with Crippen LogP contribution in [0.25, 0.3) is 0 Å². The van der Waals surface area contributed by atoms with Crippen molar-refractivity contribution in [2.24, 2.45) is 0 Å². The van der Waals surface area contributed by atoms with E-state index < -0.39 is 0 Å². The Morgan fingerprint density at radius 2 is 1.75 bits per heavy atom. The highest BCUT2D eigenvalue weighted by Gasteiger charge is 2.07. The molecular weight excluding hydrogens is 254 g/mol. The second-order valence-corrected chi connectivity index (χ2v) is 4.24. The first-order valence-electron chi connectivity index (χ1n) is 6.32. The van der Waals surface area contributed by atoms with E-state index >= 15 is 0 Å². The van der Waals surface area contributed by atoms with E-state index in [0.717, 1.165) is 5.56 Å². The van der Waals surface area contributed by atoms with Gasteiger partial charge in [-0.05, 0) is 24.1 Å². The number of para-hydroxylation sites is 2. The summed E-state index contributed by atoms with van der Waals surface area (Å²) in [5.41, 5.74) is 1.61. The number of hydrogen-bond donors (Lipinski definition) is 1. The molecule has 1 N–H and O–H groups in total. The summed E-state index contributed by atoms with van der Waals surface area (Å²) in [7, 11) is 0. The van der Waals surface area contributed by atoms with E-state index in [1.165, 1.54) is 0 Å². The maximum atomic E-state index is 11.9. The van der Waals surface area contributed by atoms with Crippen LogP contribution in [0.4, 0.5) is 5.69 Å². The van der Waals surface area contributed by atoms with E-state index in [-0.39, 0.29) is 5.91 Å². The molecule has 2 aromatic carbocycles. The van der Waals surface area contributed by atoms with Crippen LogP contribution in [0, 0.1) is 0 Å². The maximum absolute atomic E-state index is 11.9. The summed E-state index contributed by atoms with van der Waals surface area (Å²) in [6, 6.07) is 16.6. The van der Waals surface area contributed by atoms with Gasteiger partial charge in [-0.15, -0.1) is 0 Å². The SMILES string of the molecule is O=COc1ccccc1NC(=O)CCc1ccccc1. The van der Waals surface area contributed by atoms with Crippen molar-refractivity contribution in [2.45, 2.75) is 12.8 Å². The number of aryl methyl sites for hydroxylation is 1. The molecule has 4 nitrogen and oxygen atoms in total. The molecule has 2 aromatic rings. The first-order valence-corrected chi connectivity index (χ1v) is 6.32. The highest BCUT2D eigenvalue weighted by molar-refractivity contribution is 5.92. The van der Waals surface area contributed by atoms with Gasteiger partial charge in [-0.1, -0.05) is 42.5 Å². The average molecular weight is 269 g/mol. The average Bonchev–Trinajstić information content (AvgIpc) is 2.49. The van der Waals surface area contributed by atoms with Gasteiger partial charge < -0.3 is 10.1 Å². The Bertz CT molecular complexity index is 581. The smallest absolute Gasteiger partial charge is 0.298 e. The fourth-order valence-corrected chi connectivity index (χ4v) is 1.84. The van der Waals surface area contributed by atoms with Crippen molar-refractivity contribution < 1.29 is 14.3 Å². The molecular formula is C16H15NO3. The van der Waals surface area contributed by atoms with E-state index in [1.54, 1.807) is 24.3 Å². The molecule has 0 aliphatic heterocycles. The Morgan fingerprint density at radius 1 is 1.05 bits per heavy atom. The van der Waals surface area contributed by atoms with Gasteiger partial charge >= 0.3 is 0 Å². The number of ether oxygens (including phenoxy) is 1. The molecule has 4 heteroatoms. The molecule has 1 amide bonds. The molecule has 0 atom stereocenters. The van der Waals surface area contributed by atoms with Crippen LogP contribution in [0.3, 0.4) is 0 Å². The topological polar surface area (TPSA) is 55.4 Å². The van der Waals surface area contributed by atoms with Crippen molar-refractivity contribution in [2.75, 3.05) is 5.32 Å². The first-order chi connectivity index (χ1) is 9.79. The summed E-state index contributed by atoms with van der Waals surface area (Å²) in [6.45, 7) is 0.342. The van der Waals surface area contributed by atoms with Crippen molar-refractivity contribution in [3.8, 4) is 5.75 Å². The van der Waals surface area contributed by atoms with Gasteiger partial charge in [0.2, 0.25) is 5.91 Å². The van der Waals surface area contributed by atoms with Crippen molar-refractivity contribution in [1.29, 1.82) is 0 Å². The van der Waals surface area contributed by atoms with Crippen molar-refractivity contribution in [3.63, 3.8) is 0 Å². The zero-order valence-corrected chi connectivity index (χ0v) is 10.9. The third-order valence-corrected chi connectivity index (χ3v) is 2.82. The Morgan fingerprint density at radius 3 is 2.50 bits per heavy atom. The second-order valence-electron chi connectivity index (χ2n) is 4.24. The zero-order valence-electron chi connectivity index (χ0n) is 10.9. The number of rotatable bonds is 6. The molecule has 0 aromatic heterocycles. The molecule has 0 aliphatic rings. The molecule has 102 valence electrons. The Hall–Kier alpha value is -2.62. The highest BCUT2D eigenvalue weighted by Crippen LogP contribution is 2.23. The summed E-state index contributed by atoms with van der Waals surface area (Å²) < 4.78 is 4.81. The van der Waals surface area contributed by atoms with Crippen LogP contribution in [0.5, 0.6) is 5.75 Å². The summed E-state index contributed by atoms with van der Waals surface area (Å²) >= 11 is 0. The molecule has 0 fully saturated rings. The van der Waals surface area contributed by atoms with Gasteiger partial charge in [0.25, 0.3) is 6.47 Å². The number of amides is 1. The van der Waals surface area contributed by atoms with Gasteiger partial charge in [0, 0.05) is 6.42 Å². The van der Waals surface area contributed by atoms with Gasteiger partial charge in [0.15, 0.2) is 5.75 Å². The van der Waals surface area contributed by atoms with E-state index in [2.05, 4.69) is 5.32 Å². The van der Waals surface area contributed by atoms with E-state index in [9.17, 15) is 9.59 Å². The quantitative estimate of drug-likeness (QED) is 0.820. The van der Waals surface area contributed by atoms with E-state index in [1.807, 2.05) is 30.3 Å². The van der Waals surface area contributed by atoms with Gasteiger partial charge in [0.05, 0.1) is 5.69 Å². The molecule has 0 bridgehead atoms. The van der Waals surface area contributed by atoms with Crippen LogP contribution in [0.15, 0.2) is 54.6 Å². The Labute approximate surface area is 117 Å². The number of anilines is 1. The lowest BCUT2D eigenvalue weighted by Gasteiger charge is -2.08. The zero-order chi connectivity index (χ0) is 14.2. The van der Waals surface area contributed by atoms with Crippen LogP contribution in [0.2, 0.25) is 0 Å². The molecule has 0 radical (unpaired) electrons. The monoisotopic (exact) mass is 269 g/mol. The summed E-state index contributed by atoms with van der Waals surface area (Å²) in [5.74, 6) is 0.228. The molecule has 0 spiro atoms. The van der Waals surface area contributed by atoms with Crippen molar-refractivity contribution in [3.05, 3.63) is 60.2 Å². The van der Waals surface area contributed by atoms with Crippen LogP contribution >= 0.6 is 0 Å². The fraction of sp³-hybridized carbons (Fsp3) is 0.125. The molecule has 2 rings (SSSR count). The first kappa shape index (κ1) is 13.8. The summed E-state index contributed by atoms with van der Waals surface area (Å²) in [6.07, 6.45) is 1.04. The van der Waals surface area contributed by atoms with Crippen LogP contribution in [-0.4, -0.2) is 12.4 Å². The lowest BCUT2D eigenvalue weighted by atomic mass is 10.1. The van der Waals surface area contributed by atoms with Gasteiger partial charge in [-0.2, -0.15) is 0 Å². The van der Waals surface area contributed by atoms with Gasteiger partial charge in [-0.3, -0.25) is 9.59 Å². The largest absolute Gasteiger partial charge is 0.427 e. The van der Waals surface area contributed by atoms with E-state index in [0.29, 0.717) is 30.8 Å². The summed E-state index contributed by atoms with van der Waals surface area (Å²) in [4.78, 5) is 22.3. The third-order valence-electron chi connectivity index (χ3n) is 2.82. The minimum Gasteiger partial charge on any atom is -0.427 e. The molecule has 0 unspecified atom stereocenters. The Kier molecular flexibility index (Phi) is 4.89.